The van der Waals surface area contributed by atoms with E-state index in [1.807, 2.05) is 24.3 Å². The van der Waals surface area contributed by atoms with Crippen molar-refractivity contribution in [2.24, 2.45) is 0 Å². The maximum atomic E-state index is 9.30. The second kappa shape index (κ2) is 30.5. The van der Waals surface area contributed by atoms with Crippen molar-refractivity contribution in [2.75, 3.05) is 13.2 Å². The predicted octanol–water partition coefficient (Wildman–Crippen LogP) is 10.8. The van der Waals surface area contributed by atoms with Crippen molar-refractivity contribution in [3.05, 3.63) is 59.7 Å². The second-order valence-corrected chi connectivity index (χ2v) is 22.5. The zero-order valence-corrected chi connectivity index (χ0v) is 39.0. The molecule has 49 heavy (non-hydrogen) atoms. The first-order valence-corrected chi connectivity index (χ1v) is 25.5. The van der Waals surface area contributed by atoms with E-state index in [1.165, 1.54) is 101 Å². The molecular formula is C34H56O6P2S6Zn. The molecule has 2 rings (SSSR count). The number of aryl methyl sites for hydroxylation is 2. The van der Waals surface area contributed by atoms with Crippen molar-refractivity contribution in [3.8, 4) is 11.5 Å². The Morgan fingerprint density at radius 2 is 0.857 bits per heavy atom. The van der Waals surface area contributed by atoms with Crippen LogP contribution in [-0.2, 0) is 89.5 Å². The molecule has 2 N–H and O–H groups in total. The molecule has 0 fully saturated rings. The van der Waals surface area contributed by atoms with Crippen LogP contribution in [0.3, 0.4) is 0 Å². The quantitative estimate of drug-likeness (QED) is 0.0183. The van der Waals surface area contributed by atoms with Crippen LogP contribution in [0.5, 0.6) is 11.5 Å². The van der Waals surface area contributed by atoms with Crippen molar-refractivity contribution in [3.63, 3.8) is 0 Å². The average molecular weight is 881 g/mol. The molecule has 0 saturated heterocycles. The van der Waals surface area contributed by atoms with Crippen molar-refractivity contribution in [1.82, 2.24) is 0 Å². The maximum absolute atomic E-state index is 9.30. The van der Waals surface area contributed by atoms with E-state index in [2.05, 4.69) is 111 Å². The Morgan fingerprint density at radius 1 is 0.571 bits per heavy atom. The van der Waals surface area contributed by atoms with E-state index in [4.69, 9.17) is 18.5 Å². The van der Waals surface area contributed by atoms with Gasteiger partial charge in [0.25, 0.3) is 0 Å². The summed E-state index contributed by atoms with van der Waals surface area (Å²) in [6, 6.07) is 16.1. The fraction of sp³-hybridized carbons (Fsp3) is 0.647. The van der Waals surface area contributed by atoms with Gasteiger partial charge in [0, 0.05) is 0 Å². The minimum absolute atomic E-state index is 0. The summed E-state index contributed by atoms with van der Waals surface area (Å²) in [6.45, 7) is 4.87. The summed E-state index contributed by atoms with van der Waals surface area (Å²) in [7, 11) is 0. The van der Waals surface area contributed by atoms with E-state index in [0.29, 0.717) is 0 Å². The molecule has 276 valence electrons. The van der Waals surface area contributed by atoms with Crippen LogP contribution in [0.4, 0.5) is 0 Å². The van der Waals surface area contributed by atoms with Gasteiger partial charge in [-0.3, -0.25) is 0 Å². The van der Waals surface area contributed by atoms with Crippen LogP contribution in [0.1, 0.15) is 115 Å². The summed E-state index contributed by atoms with van der Waals surface area (Å²) in [5.74, 6) is 1.49. The van der Waals surface area contributed by atoms with Gasteiger partial charge in [0.15, 0.2) is 0 Å². The molecular weight excluding hydrogens is 824 g/mol. The van der Waals surface area contributed by atoms with Crippen LogP contribution >= 0.6 is 36.6 Å². The molecule has 6 nitrogen and oxygen atoms in total. The van der Waals surface area contributed by atoms with Gasteiger partial charge in [-0.2, -0.15) is 0 Å². The van der Waals surface area contributed by atoms with Crippen molar-refractivity contribution in [1.29, 1.82) is 0 Å². The summed E-state index contributed by atoms with van der Waals surface area (Å²) < 4.78 is 21.2. The molecule has 0 aliphatic rings. The van der Waals surface area contributed by atoms with Gasteiger partial charge < -0.3 is 52.8 Å². The molecule has 2 aromatic rings. The van der Waals surface area contributed by atoms with Crippen molar-refractivity contribution in [2.45, 2.75) is 127 Å². The number of hydrogen-bond donors (Lipinski definition) is 4. The molecule has 0 aliphatic carbocycles. The maximum Gasteiger partial charge on any atom is 2.00 e. The van der Waals surface area contributed by atoms with Gasteiger partial charge in [-0.25, -0.2) is 0 Å². The summed E-state index contributed by atoms with van der Waals surface area (Å²) in [4.78, 5) is 18.6. The molecule has 0 spiro atoms. The fourth-order valence-corrected chi connectivity index (χ4v) is 8.50. The Balaban J connectivity index is 0.000000922. The molecule has 0 heterocycles. The summed E-state index contributed by atoms with van der Waals surface area (Å²) in [5, 5.41) is 0. The topological polar surface area (TPSA) is 77.4 Å². The largest absolute Gasteiger partial charge is 2.00 e. The molecule has 0 bridgehead atoms. The average Bonchev–Trinajstić information content (AvgIpc) is 3.02. The molecule has 0 aliphatic heterocycles. The van der Waals surface area contributed by atoms with E-state index < -0.39 is 22.3 Å². The van der Waals surface area contributed by atoms with Gasteiger partial charge >= 0.3 is 19.5 Å². The second-order valence-electron chi connectivity index (χ2n) is 11.7. The van der Waals surface area contributed by atoms with Crippen LogP contribution in [-0.4, -0.2) is 33.9 Å². The van der Waals surface area contributed by atoms with Crippen LogP contribution in [0.25, 0.3) is 0 Å². The van der Waals surface area contributed by atoms with Crippen LogP contribution < -0.4 is 9.47 Å². The molecule has 15 heteroatoms. The van der Waals surface area contributed by atoms with E-state index in [-0.39, 0.29) is 32.7 Å². The standard InChI is InChI=1S/2C17H29O3PS3.Zn/c2*1-2-3-4-5-6-7-8-9-15-10-12-16(13-11-15)19-14-17(22)20-21(18,23)24;/h2*10-13,17,22H,2-9,14H2,1H3,(H2,18,23,24);/q;;+2/p-2. The molecule has 0 amide bonds. The number of benzene rings is 2. The van der Waals surface area contributed by atoms with Crippen LogP contribution in [0.2, 0.25) is 0 Å². The van der Waals surface area contributed by atoms with Crippen molar-refractivity contribution < 1.29 is 47.8 Å². The predicted molar refractivity (Wildman–Crippen MR) is 223 cm³/mol. The Morgan fingerprint density at radius 3 is 1.14 bits per heavy atom. The zero-order valence-electron chi connectivity index (χ0n) is 29.2. The third kappa shape index (κ3) is 31.3. The smallest absolute Gasteiger partial charge is 0.692 e. The number of thiol groups is 2. The van der Waals surface area contributed by atoms with Crippen LogP contribution in [0, 0.1) is 0 Å². The van der Waals surface area contributed by atoms with E-state index in [9.17, 15) is 9.79 Å². The van der Waals surface area contributed by atoms with E-state index in [0.717, 1.165) is 24.3 Å². The minimum Gasteiger partial charge on any atom is -0.692 e. The SMILES string of the molecule is CCCCCCCCCc1ccc(OCC(S)OP(O)(=S)[S-])cc1.CCCCCCCCCc1ccc(OCC(S)OP(O)(=S)[S-])cc1.[Zn+2]. The third-order valence-corrected chi connectivity index (χ3v) is 10.2. The summed E-state index contributed by atoms with van der Waals surface area (Å²) in [5.41, 5.74) is -4.82. The molecule has 0 radical (unpaired) electrons. The normalized spacial score (nSPS) is 14.7. The van der Waals surface area contributed by atoms with Gasteiger partial charge in [0.2, 0.25) is 0 Å². The number of unbranched alkanes of at least 4 members (excludes halogenated alkanes) is 12. The Kier molecular flexibility index (Phi) is 31.3. The first-order valence-electron chi connectivity index (χ1n) is 17.0. The van der Waals surface area contributed by atoms with E-state index in [1.54, 1.807) is 0 Å². The number of rotatable bonds is 26. The molecule has 4 unspecified atom stereocenters. The molecule has 0 saturated carbocycles. The summed E-state index contributed by atoms with van der Waals surface area (Å²) in [6.07, 6.45) is 20.7. The van der Waals surface area contributed by atoms with Gasteiger partial charge in [-0.1, -0.05) is 139 Å². The van der Waals surface area contributed by atoms with Crippen LogP contribution in [0.15, 0.2) is 48.5 Å². The third-order valence-electron chi connectivity index (χ3n) is 7.28. The van der Waals surface area contributed by atoms with Gasteiger partial charge in [-0.05, 0) is 61.1 Å². The first-order chi connectivity index (χ1) is 22.8. The van der Waals surface area contributed by atoms with E-state index >= 15 is 0 Å². The minimum atomic E-state index is -3.12. The monoisotopic (exact) mass is 878 g/mol. The Bertz CT molecular complexity index is 1080. The molecule has 0 aromatic heterocycles. The first kappa shape index (κ1) is 50.2. The fourth-order valence-electron chi connectivity index (χ4n) is 4.78. The zero-order chi connectivity index (χ0) is 35.7. The van der Waals surface area contributed by atoms with Gasteiger partial charge in [0.1, 0.15) is 35.6 Å². The molecule has 2 aromatic carbocycles. The Hall–Kier alpha value is 1.20. The van der Waals surface area contributed by atoms with Gasteiger partial charge in [0.05, 0.1) is 11.4 Å². The van der Waals surface area contributed by atoms with Gasteiger partial charge in [-0.15, -0.1) is 25.3 Å². The number of hydrogen-bond acceptors (Lipinski definition) is 10. The van der Waals surface area contributed by atoms with Crippen molar-refractivity contribution >= 4 is 84.8 Å². The number of ether oxygens (including phenoxy) is 2. The molecule has 4 atom stereocenters. The Labute approximate surface area is 341 Å². The summed E-state index contributed by atoms with van der Waals surface area (Å²) >= 11 is 26.9.